The summed E-state index contributed by atoms with van der Waals surface area (Å²) in [6.07, 6.45) is 13.6. The van der Waals surface area contributed by atoms with Gasteiger partial charge in [0.05, 0.1) is 22.7 Å². The summed E-state index contributed by atoms with van der Waals surface area (Å²) in [6.45, 7) is 4.95. The van der Waals surface area contributed by atoms with Crippen molar-refractivity contribution in [2.75, 3.05) is 9.80 Å². The Morgan fingerprint density at radius 1 is 0.253 bits per heavy atom. The van der Waals surface area contributed by atoms with Crippen LogP contribution in [-0.2, 0) is 16.2 Å². The van der Waals surface area contributed by atoms with Crippen LogP contribution in [-0.4, -0.2) is 0 Å². The number of anilines is 6. The molecule has 24 rings (SSSR count). The molecule has 478 valence electrons. The molecule has 2 spiro atoms. The zero-order chi connectivity index (χ0) is 65.0. The summed E-state index contributed by atoms with van der Waals surface area (Å²) >= 11 is 0. The maximum absolute atomic E-state index is 2.72. The average Bonchev–Trinajstić information content (AvgIpc) is 1.57. The number of fused-ring (bicyclic) bond motifs is 11. The van der Waals surface area contributed by atoms with E-state index in [-0.39, 0.29) is 16.2 Å². The van der Waals surface area contributed by atoms with E-state index in [2.05, 4.69) is 303 Å². The summed E-state index contributed by atoms with van der Waals surface area (Å²) in [5, 5.41) is 5.05. The third kappa shape index (κ3) is 7.95. The normalized spacial score (nSPS) is 25.2. The predicted octanol–water partition coefficient (Wildman–Crippen LogP) is 25.7. The van der Waals surface area contributed by atoms with E-state index in [1.54, 1.807) is 22.3 Å². The summed E-state index contributed by atoms with van der Waals surface area (Å²) in [5.74, 6) is 5.95. The van der Waals surface area contributed by atoms with Gasteiger partial charge in [-0.15, -0.1) is 0 Å². The molecule has 0 heterocycles. The number of nitrogens with zero attached hydrogens (tertiary/aromatic N) is 2. The van der Waals surface area contributed by atoms with Crippen LogP contribution in [0.5, 0.6) is 0 Å². The molecule has 99 heavy (non-hydrogen) atoms. The van der Waals surface area contributed by atoms with Gasteiger partial charge in [-0.3, -0.25) is 0 Å². The summed E-state index contributed by atoms with van der Waals surface area (Å²) in [7, 11) is 0. The third-order valence-corrected chi connectivity index (χ3v) is 27.4. The van der Waals surface area contributed by atoms with Gasteiger partial charge in [0.2, 0.25) is 0 Å². The van der Waals surface area contributed by atoms with Gasteiger partial charge in [-0.2, -0.15) is 0 Å². The average molecular weight is 1270 g/mol. The maximum atomic E-state index is 2.72. The van der Waals surface area contributed by atoms with Crippen molar-refractivity contribution < 1.29 is 0 Å². The monoisotopic (exact) mass is 1270 g/mol. The first-order valence-corrected chi connectivity index (χ1v) is 37.4. The zero-order valence-corrected chi connectivity index (χ0v) is 56.6. The van der Waals surface area contributed by atoms with Crippen molar-refractivity contribution in [2.45, 2.75) is 94.3 Å². The molecule has 0 amide bonds. The number of hydrogen-bond donors (Lipinski definition) is 0. The molecule has 8 saturated carbocycles. The first-order chi connectivity index (χ1) is 48.7. The topological polar surface area (TPSA) is 6.48 Å². The van der Waals surface area contributed by atoms with E-state index in [1.165, 1.54) is 198 Å². The Morgan fingerprint density at radius 2 is 0.677 bits per heavy atom. The van der Waals surface area contributed by atoms with E-state index < -0.39 is 0 Å². The number of benzene rings is 13. The Hall–Kier alpha value is -10.0. The quantitative estimate of drug-likeness (QED) is 0.142. The van der Waals surface area contributed by atoms with Crippen molar-refractivity contribution in [3.63, 3.8) is 0 Å². The van der Waals surface area contributed by atoms with Gasteiger partial charge in [0.1, 0.15) is 0 Å². The van der Waals surface area contributed by atoms with E-state index in [0.717, 1.165) is 23.7 Å². The molecule has 0 atom stereocenters. The van der Waals surface area contributed by atoms with Crippen LogP contribution in [0.25, 0.3) is 88.3 Å². The second kappa shape index (κ2) is 21.0. The molecule has 8 fully saturated rings. The Morgan fingerprint density at radius 3 is 1.26 bits per heavy atom. The lowest BCUT2D eigenvalue weighted by atomic mass is 9.43. The molecular formula is C97H80N2. The molecule has 13 aromatic carbocycles. The molecule has 0 N–H and O–H groups in total. The largest absolute Gasteiger partial charge is 0.310 e. The Balaban J connectivity index is 0.705. The fourth-order valence-corrected chi connectivity index (χ4v) is 24.0. The van der Waals surface area contributed by atoms with Crippen molar-refractivity contribution in [3.8, 4) is 66.8 Å². The summed E-state index contributed by atoms with van der Waals surface area (Å²) < 4.78 is 0. The molecule has 11 aliphatic rings. The van der Waals surface area contributed by atoms with E-state index in [9.17, 15) is 0 Å². The first kappa shape index (κ1) is 56.9. The highest BCUT2D eigenvalue weighted by Crippen LogP contribution is 2.73. The van der Waals surface area contributed by atoms with Gasteiger partial charge < -0.3 is 9.80 Å². The minimum absolute atomic E-state index is 0.00870. The van der Waals surface area contributed by atoms with Gasteiger partial charge in [-0.1, -0.05) is 232 Å². The lowest BCUT2D eigenvalue weighted by molar-refractivity contribution is -0.0397. The molecule has 0 saturated heterocycles. The molecule has 0 unspecified atom stereocenters. The van der Waals surface area contributed by atoms with Gasteiger partial charge in [0.15, 0.2) is 0 Å². The summed E-state index contributed by atoms with van der Waals surface area (Å²) in [5.41, 5.74) is 32.2. The van der Waals surface area contributed by atoms with Gasteiger partial charge in [0, 0.05) is 38.4 Å². The Labute approximate surface area is 582 Å². The molecular weight excluding hydrogens is 1190 g/mol. The van der Waals surface area contributed by atoms with E-state index in [0.29, 0.717) is 23.7 Å². The molecule has 11 aliphatic carbocycles. The summed E-state index contributed by atoms with van der Waals surface area (Å²) in [4.78, 5) is 5.43. The van der Waals surface area contributed by atoms with Crippen LogP contribution in [0.1, 0.15) is 111 Å². The molecule has 0 radical (unpaired) electrons. The fourth-order valence-electron chi connectivity index (χ4n) is 24.0. The SMILES string of the molecule is CC1(C)c2ccc(N(c3cccc4c3C3(c5ccccc5-4)C4CC5CC(C4)CC3C5)c3cccc4ccccc34)cc2-c2ccc(-c3cc(N(c4ccc(-c5ccc(-c6ccccc6)cc5)cc4)c4cccc5c4C4(c6ccccc6-5)C5CC6CC(C5)CC4C6)c4ccccc4c3)cc21. The van der Waals surface area contributed by atoms with Crippen LogP contribution in [0.4, 0.5) is 34.1 Å². The molecule has 2 nitrogen and oxygen atoms in total. The first-order valence-electron chi connectivity index (χ1n) is 37.4. The van der Waals surface area contributed by atoms with Crippen LogP contribution < -0.4 is 9.80 Å². The van der Waals surface area contributed by atoms with Crippen LogP contribution in [0.3, 0.4) is 0 Å². The third-order valence-electron chi connectivity index (χ3n) is 27.4. The van der Waals surface area contributed by atoms with Crippen molar-refractivity contribution >= 4 is 55.7 Å². The lowest BCUT2D eigenvalue weighted by Crippen LogP contribution is -2.55. The maximum Gasteiger partial charge on any atom is 0.0546 e. The highest BCUT2D eigenvalue weighted by molar-refractivity contribution is 6.05. The van der Waals surface area contributed by atoms with Crippen LogP contribution in [0.15, 0.2) is 279 Å². The molecule has 0 aliphatic heterocycles. The van der Waals surface area contributed by atoms with Gasteiger partial charge >= 0.3 is 0 Å². The van der Waals surface area contributed by atoms with E-state index in [1.807, 2.05) is 0 Å². The molecule has 2 heteroatoms. The predicted molar refractivity (Wildman–Crippen MR) is 411 cm³/mol. The lowest BCUT2D eigenvalue weighted by Gasteiger charge is -2.61. The second-order valence-electron chi connectivity index (χ2n) is 32.3. The fraction of sp³-hybridized carbons (Fsp3) is 0.237. The minimum atomic E-state index is -0.258. The van der Waals surface area contributed by atoms with E-state index in [4.69, 9.17) is 0 Å². The zero-order valence-electron chi connectivity index (χ0n) is 56.6. The van der Waals surface area contributed by atoms with Crippen molar-refractivity contribution in [1.29, 1.82) is 0 Å². The standard InChI is InChI=1S/C97H80N2/c1-95(2)85-44-42-76(99(89-30-14-21-67-19-6-8-22-77(67)89)91-32-16-27-83-80-25-11-13-29-87(80)97(94(83)91)73-51-61-46-62(53-73)54-74(97)52-61)58-84(85)81-43-39-68(56-88(81)95)70-55-69-20-7-9-23-78(69)92(57-70)98(75-40-37-66(38-41-75)65-35-33-64(34-36-65)63-17-4-3-5-18-63)90-31-15-26-82-79-24-10-12-28-86(79)96(93(82)90)71-47-59-45-60(49-71)50-72(96)48-59/h3-44,55-62,71-74H,45-54H2,1-2H3. The van der Waals surface area contributed by atoms with Crippen LogP contribution in [0.2, 0.25) is 0 Å². The molecule has 0 aromatic heterocycles. The van der Waals surface area contributed by atoms with Crippen LogP contribution in [0, 0.1) is 47.3 Å². The Kier molecular flexibility index (Phi) is 12.1. The second-order valence-corrected chi connectivity index (χ2v) is 32.3. The summed E-state index contributed by atoms with van der Waals surface area (Å²) in [6, 6.07) is 109. The number of rotatable bonds is 9. The minimum Gasteiger partial charge on any atom is -0.310 e. The van der Waals surface area contributed by atoms with Crippen LogP contribution >= 0.6 is 0 Å². The number of hydrogen-bond acceptors (Lipinski definition) is 2. The van der Waals surface area contributed by atoms with Crippen molar-refractivity contribution in [2.24, 2.45) is 47.3 Å². The highest BCUT2D eigenvalue weighted by Gasteiger charge is 2.64. The Bertz CT molecular complexity index is 5450. The van der Waals surface area contributed by atoms with Crippen molar-refractivity contribution in [1.82, 2.24) is 0 Å². The smallest absolute Gasteiger partial charge is 0.0546 e. The van der Waals surface area contributed by atoms with Gasteiger partial charge in [0.25, 0.3) is 0 Å². The van der Waals surface area contributed by atoms with E-state index >= 15 is 0 Å². The molecule has 13 aromatic rings. The highest BCUT2D eigenvalue weighted by atomic mass is 15.2. The molecule has 8 bridgehead atoms. The van der Waals surface area contributed by atoms with Gasteiger partial charge in [-0.25, -0.2) is 0 Å². The van der Waals surface area contributed by atoms with Crippen molar-refractivity contribution in [3.05, 3.63) is 312 Å². The van der Waals surface area contributed by atoms with Gasteiger partial charge in [-0.05, 0) is 283 Å².